The Kier molecular flexibility index (Phi) is 6.62. The largest absolute Gasteiger partial charge is 0.481 e. The molecule has 0 aliphatic carbocycles. The Morgan fingerprint density at radius 1 is 1.08 bits per heavy atom. The molecule has 4 nitrogen and oxygen atoms in total. The van der Waals surface area contributed by atoms with Gasteiger partial charge in [-0.2, -0.15) is 8.78 Å². The average molecular weight is 357 g/mol. The molecular formula is C17H15F4NO3. The Balaban J connectivity index is 1.71. The van der Waals surface area contributed by atoms with Crippen molar-refractivity contribution in [3.8, 4) is 11.5 Å². The number of halogens is 4. The summed E-state index contributed by atoms with van der Waals surface area (Å²) in [5.41, 5.74) is 0.812. The summed E-state index contributed by atoms with van der Waals surface area (Å²) in [6, 6.07) is 8.81. The molecule has 0 aliphatic rings. The third-order valence-corrected chi connectivity index (χ3v) is 3.14. The number of hydrogen-bond acceptors (Lipinski definition) is 3. The Bertz CT molecular complexity index is 708. The fourth-order valence-electron chi connectivity index (χ4n) is 1.97. The molecule has 0 saturated carbocycles. The van der Waals surface area contributed by atoms with Gasteiger partial charge in [-0.1, -0.05) is 12.1 Å². The van der Waals surface area contributed by atoms with Crippen molar-refractivity contribution < 1.29 is 31.8 Å². The van der Waals surface area contributed by atoms with Crippen LogP contribution in [0.4, 0.5) is 17.6 Å². The number of hydrogen-bond donors (Lipinski definition) is 1. The zero-order valence-corrected chi connectivity index (χ0v) is 13.0. The second kappa shape index (κ2) is 8.91. The van der Waals surface area contributed by atoms with E-state index in [1.165, 1.54) is 12.1 Å². The predicted molar refractivity (Wildman–Crippen MR) is 81.6 cm³/mol. The van der Waals surface area contributed by atoms with Crippen LogP contribution in [0.5, 0.6) is 11.5 Å². The van der Waals surface area contributed by atoms with E-state index < -0.39 is 30.8 Å². The molecule has 0 radical (unpaired) electrons. The SMILES string of the molecule is O=C(COc1ccc(F)cc1F)NCCc1ccc(OC(F)F)cc1. The molecule has 0 aromatic heterocycles. The predicted octanol–water partition coefficient (Wildman–Crippen LogP) is 3.30. The van der Waals surface area contributed by atoms with Gasteiger partial charge in [0.15, 0.2) is 18.2 Å². The Labute approximate surface area is 141 Å². The van der Waals surface area contributed by atoms with Crippen molar-refractivity contribution in [1.29, 1.82) is 0 Å². The third kappa shape index (κ3) is 6.33. The lowest BCUT2D eigenvalue weighted by atomic mass is 10.1. The van der Waals surface area contributed by atoms with Gasteiger partial charge >= 0.3 is 6.61 Å². The lowest BCUT2D eigenvalue weighted by molar-refractivity contribution is -0.123. The van der Waals surface area contributed by atoms with Crippen molar-refractivity contribution in [1.82, 2.24) is 5.32 Å². The van der Waals surface area contributed by atoms with Crippen molar-refractivity contribution in [2.24, 2.45) is 0 Å². The van der Waals surface area contributed by atoms with Gasteiger partial charge in [-0.3, -0.25) is 4.79 Å². The van der Waals surface area contributed by atoms with Gasteiger partial charge in [0, 0.05) is 12.6 Å². The molecule has 1 amide bonds. The van der Waals surface area contributed by atoms with E-state index >= 15 is 0 Å². The van der Waals surface area contributed by atoms with Crippen LogP contribution in [0.3, 0.4) is 0 Å². The lowest BCUT2D eigenvalue weighted by Crippen LogP contribution is -2.30. The first-order valence-electron chi connectivity index (χ1n) is 7.32. The van der Waals surface area contributed by atoms with Gasteiger partial charge in [0.2, 0.25) is 0 Å². The number of ether oxygens (including phenoxy) is 2. The van der Waals surface area contributed by atoms with Gasteiger partial charge in [0.05, 0.1) is 0 Å². The molecule has 0 aliphatic heterocycles. The Morgan fingerprint density at radius 3 is 2.44 bits per heavy atom. The van der Waals surface area contributed by atoms with Gasteiger partial charge in [0.25, 0.3) is 5.91 Å². The van der Waals surface area contributed by atoms with Gasteiger partial charge < -0.3 is 14.8 Å². The first kappa shape index (κ1) is 18.6. The summed E-state index contributed by atoms with van der Waals surface area (Å²) in [7, 11) is 0. The second-order valence-corrected chi connectivity index (χ2v) is 4.99. The van der Waals surface area contributed by atoms with E-state index in [0.29, 0.717) is 12.5 Å². The maximum atomic E-state index is 13.3. The number of amides is 1. The van der Waals surface area contributed by atoms with Crippen LogP contribution >= 0.6 is 0 Å². The van der Waals surface area contributed by atoms with E-state index in [2.05, 4.69) is 10.1 Å². The van der Waals surface area contributed by atoms with E-state index in [4.69, 9.17) is 4.74 Å². The van der Waals surface area contributed by atoms with Crippen molar-refractivity contribution in [3.05, 3.63) is 59.7 Å². The molecule has 0 atom stereocenters. The summed E-state index contributed by atoms with van der Waals surface area (Å²) in [5, 5.41) is 2.57. The summed E-state index contributed by atoms with van der Waals surface area (Å²) in [6.07, 6.45) is 0.464. The van der Waals surface area contributed by atoms with Crippen LogP contribution in [0.1, 0.15) is 5.56 Å². The number of carbonyl (C=O) groups excluding carboxylic acids is 1. The van der Waals surface area contributed by atoms with Gasteiger partial charge in [-0.05, 0) is 36.2 Å². The standard InChI is InChI=1S/C17H15F4NO3/c18-12-3-6-15(14(19)9-12)24-10-16(23)22-8-7-11-1-4-13(5-2-11)25-17(20)21/h1-6,9,17H,7-8,10H2,(H,22,23). The Morgan fingerprint density at radius 2 is 1.80 bits per heavy atom. The maximum absolute atomic E-state index is 13.3. The molecule has 2 rings (SSSR count). The first-order chi connectivity index (χ1) is 11.9. The molecule has 25 heavy (non-hydrogen) atoms. The summed E-state index contributed by atoms with van der Waals surface area (Å²) >= 11 is 0. The molecule has 0 unspecified atom stereocenters. The van der Waals surface area contributed by atoms with Crippen molar-refractivity contribution >= 4 is 5.91 Å². The normalized spacial score (nSPS) is 10.6. The highest BCUT2D eigenvalue weighted by molar-refractivity contribution is 5.77. The monoisotopic (exact) mass is 357 g/mol. The molecule has 0 heterocycles. The van der Waals surface area contributed by atoms with E-state index in [9.17, 15) is 22.4 Å². The highest BCUT2D eigenvalue weighted by atomic mass is 19.3. The van der Waals surface area contributed by atoms with E-state index in [0.717, 1.165) is 17.7 Å². The van der Waals surface area contributed by atoms with Gasteiger partial charge in [-0.25, -0.2) is 8.78 Å². The minimum absolute atomic E-state index is 0.0533. The first-order valence-corrected chi connectivity index (χ1v) is 7.32. The number of nitrogens with one attached hydrogen (secondary N) is 1. The third-order valence-electron chi connectivity index (χ3n) is 3.14. The van der Waals surface area contributed by atoms with Gasteiger partial charge in [0.1, 0.15) is 11.6 Å². The van der Waals surface area contributed by atoms with Crippen LogP contribution in [-0.2, 0) is 11.2 Å². The van der Waals surface area contributed by atoms with Crippen LogP contribution in [0.15, 0.2) is 42.5 Å². The van der Waals surface area contributed by atoms with Crippen LogP contribution in [0, 0.1) is 11.6 Å². The summed E-state index contributed by atoms with van der Waals surface area (Å²) in [5.74, 6) is -2.26. The minimum Gasteiger partial charge on any atom is -0.481 e. The fourth-order valence-corrected chi connectivity index (χ4v) is 1.97. The zero-order valence-electron chi connectivity index (χ0n) is 13.0. The quantitative estimate of drug-likeness (QED) is 0.738. The average Bonchev–Trinajstić information content (AvgIpc) is 2.55. The van der Waals surface area contributed by atoms with Gasteiger partial charge in [-0.15, -0.1) is 0 Å². The molecule has 0 spiro atoms. The summed E-state index contributed by atoms with van der Waals surface area (Å²) < 4.78 is 59.3. The molecular weight excluding hydrogens is 342 g/mol. The molecule has 0 bridgehead atoms. The highest BCUT2D eigenvalue weighted by Crippen LogP contribution is 2.17. The summed E-state index contributed by atoms with van der Waals surface area (Å²) in [6.45, 7) is -3.01. The lowest BCUT2D eigenvalue weighted by Gasteiger charge is -2.09. The topological polar surface area (TPSA) is 47.6 Å². The smallest absolute Gasteiger partial charge is 0.387 e. The van der Waals surface area contributed by atoms with Crippen LogP contribution in [-0.4, -0.2) is 25.7 Å². The van der Waals surface area contributed by atoms with E-state index in [1.807, 2.05) is 0 Å². The van der Waals surface area contributed by atoms with Crippen molar-refractivity contribution in [2.75, 3.05) is 13.2 Å². The number of alkyl halides is 2. The van der Waals surface area contributed by atoms with Crippen LogP contribution in [0.2, 0.25) is 0 Å². The molecule has 8 heteroatoms. The minimum atomic E-state index is -2.88. The molecule has 0 saturated heterocycles. The summed E-state index contributed by atoms with van der Waals surface area (Å²) in [4.78, 5) is 11.6. The number of benzene rings is 2. The van der Waals surface area contributed by atoms with Crippen molar-refractivity contribution in [2.45, 2.75) is 13.0 Å². The van der Waals surface area contributed by atoms with Crippen LogP contribution < -0.4 is 14.8 Å². The molecule has 1 N–H and O–H groups in total. The Hall–Kier alpha value is -2.77. The zero-order chi connectivity index (χ0) is 18.2. The number of rotatable bonds is 8. The van der Waals surface area contributed by atoms with Crippen molar-refractivity contribution in [3.63, 3.8) is 0 Å². The molecule has 2 aromatic rings. The molecule has 0 fully saturated rings. The van der Waals surface area contributed by atoms with Crippen LogP contribution in [0.25, 0.3) is 0 Å². The van der Waals surface area contributed by atoms with E-state index in [1.54, 1.807) is 12.1 Å². The highest BCUT2D eigenvalue weighted by Gasteiger charge is 2.08. The maximum Gasteiger partial charge on any atom is 0.387 e. The number of carbonyl (C=O) groups is 1. The fraction of sp³-hybridized carbons (Fsp3) is 0.235. The van der Waals surface area contributed by atoms with E-state index in [-0.39, 0.29) is 18.0 Å². The molecule has 2 aromatic carbocycles. The second-order valence-electron chi connectivity index (χ2n) is 4.99. The molecule has 134 valence electrons.